The van der Waals surface area contributed by atoms with Crippen LogP contribution in [0.3, 0.4) is 0 Å². The zero-order chi connectivity index (χ0) is 17.4. The number of hydrogen-bond acceptors (Lipinski definition) is 3. The number of fused-ring (bicyclic) bond motifs is 3. The van der Waals surface area contributed by atoms with E-state index in [0.717, 1.165) is 5.56 Å². The molecule has 1 amide bonds. The smallest absolute Gasteiger partial charge is 0.309 e. The first-order chi connectivity index (χ1) is 11.4. The van der Waals surface area contributed by atoms with E-state index in [2.05, 4.69) is 5.32 Å². The van der Waals surface area contributed by atoms with E-state index < -0.39 is 16.8 Å². The molecule has 0 radical (unpaired) electrons. The van der Waals surface area contributed by atoms with Gasteiger partial charge in [0.05, 0.1) is 5.41 Å². The van der Waals surface area contributed by atoms with Crippen LogP contribution in [0.4, 0.5) is 0 Å². The molecule has 3 N–H and O–H groups in total. The van der Waals surface area contributed by atoms with E-state index in [9.17, 15) is 19.8 Å². The highest BCUT2D eigenvalue weighted by Crippen LogP contribution is 2.57. The lowest BCUT2D eigenvalue weighted by atomic mass is 9.53. The molecular weight excluding hydrogens is 306 g/mol. The number of phenolic OH excluding ortho intramolecular Hbond substituents is 1. The van der Waals surface area contributed by atoms with Gasteiger partial charge in [0.15, 0.2) is 0 Å². The first-order valence-corrected chi connectivity index (χ1v) is 8.68. The Morgan fingerprint density at radius 2 is 1.62 bits per heavy atom. The fourth-order valence-corrected chi connectivity index (χ4v) is 4.29. The standard InChI is InChI=1S/C19H25NO4/c1-13(12-14-4-2-3-5-15(14)21)20-16(22)18-6-9-19(10-7-18,11-8-18)17(23)24/h2-5,13,21H,6-12H2,1H3,(H,20,22)(H,23,24). The van der Waals surface area contributed by atoms with E-state index in [1.165, 1.54) is 0 Å². The first-order valence-electron chi connectivity index (χ1n) is 8.68. The van der Waals surface area contributed by atoms with Crippen LogP contribution >= 0.6 is 0 Å². The summed E-state index contributed by atoms with van der Waals surface area (Å²) in [5.74, 6) is -0.411. The number of carboxylic acids is 1. The van der Waals surface area contributed by atoms with E-state index in [1.807, 2.05) is 19.1 Å². The molecule has 5 nitrogen and oxygen atoms in total. The van der Waals surface area contributed by atoms with E-state index in [0.29, 0.717) is 44.9 Å². The summed E-state index contributed by atoms with van der Waals surface area (Å²) in [6.45, 7) is 1.94. The Bertz CT molecular complexity index is 630. The molecule has 3 fully saturated rings. The quantitative estimate of drug-likeness (QED) is 0.774. The normalized spacial score (nSPS) is 29.9. The molecule has 5 heteroatoms. The van der Waals surface area contributed by atoms with Crippen LogP contribution in [0.1, 0.15) is 51.0 Å². The number of phenols is 1. The third kappa shape index (κ3) is 2.87. The number of carbonyl (C=O) groups is 2. The third-order valence-corrected chi connectivity index (χ3v) is 6.08. The van der Waals surface area contributed by atoms with E-state index in [1.54, 1.807) is 12.1 Å². The molecule has 0 aliphatic heterocycles. The van der Waals surface area contributed by atoms with Crippen molar-refractivity contribution in [2.45, 2.75) is 57.9 Å². The van der Waals surface area contributed by atoms with Gasteiger partial charge in [-0.05, 0) is 63.5 Å². The molecule has 1 aromatic carbocycles. The molecule has 4 rings (SSSR count). The topological polar surface area (TPSA) is 86.6 Å². The highest BCUT2D eigenvalue weighted by molar-refractivity contribution is 5.85. The van der Waals surface area contributed by atoms with Gasteiger partial charge >= 0.3 is 5.97 Å². The lowest BCUT2D eigenvalue weighted by Gasteiger charge is -2.50. The van der Waals surface area contributed by atoms with Gasteiger partial charge in [0.25, 0.3) is 0 Å². The lowest BCUT2D eigenvalue weighted by Crippen LogP contribution is -2.53. The molecule has 2 bridgehead atoms. The van der Waals surface area contributed by atoms with Crippen LogP contribution in [0.5, 0.6) is 5.75 Å². The summed E-state index contributed by atoms with van der Waals surface area (Å²) in [6.07, 6.45) is 4.36. The number of aromatic hydroxyl groups is 1. The summed E-state index contributed by atoms with van der Waals surface area (Å²) in [7, 11) is 0. The maximum absolute atomic E-state index is 12.8. The van der Waals surface area contributed by atoms with Crippen molar-refractivity contribution in [3.63, 3.8) is 0 Å². The summed E-state index contributed by atoms with van der Waals surface area (Å²) >= 11 is 0. The molecule has 0 spiro atoms. The number of carbonyl (C=O) groups excluding carboxylic acids is 1. The van der Waals surface area contributed by atoms with Crippen molar-refractivity contribution in [1.29, 1.82) is 0 Å². The highest BCUT2D eigenvalue weighted by atomic mass is 16.4. The van der Waals surface area contributed by atoms with Crippen LogP contribution in [0.25, 0.3) is 0 Å². The number of rotatable bonds is 5. The van der Waals surface area contributed by atoms with Gasteiger partial charge in [-0.3, -0.25) is 9.59 Å². The molecule has 0 saturated heterocycles. The minimum atomic E-state index is -0.705. The number of nitrogens with one attached hydrogen (secondary N) is 1. The predicted molar refractivity (Wildman–Crippen MR) is 89.6 cm³/mol. The Kier molecular flexibility index (Phi) is 4.28. The number of para-hydroxylation sites is 1. The SMILES string of the molecule is CC(Cc1ccccc1O)NC(=O)C12CCC(C(=O)O)(CC1)CC2. The summed E-state index contributed by atoms with van der Waals surface area (Å²) in [4.78, 5) is 24.3. The minimum Gasteiger partial charge on any atom is -0.508 e. The van der Waals surface area contributed by atoms with Crippen LogP contribution in [-0.2, 0) is 16.0 Å². The number of aliphatic carboxylic acids is 1. The molecule has 24 heavy (non-hydrogen) atoms. The summed E-state index contributed by atoms with van der Waals surface area (Å²) in [5.41, 5.74) is -0.173. The summed E-state index contributed by atoms with van der Waals surface area (Å²) in [6, 6.07) is 7.08. The average molecular weight is 331 g/mol. The van der Waals surface area contributed by atoms with Crippen LogP contribution < -0.4 is 5.32 Å². The van der Waals surface area contributed by atoms with Gasteiger partial charge in [-0.15, -0.1) is 0 Å². The molecule has 130 valence electrons. The van der Waals surface area contributed by atoms with Crippen molar-refractivity contribution < 1.29 is 19.8 Å². The van der Waals surface area contributed by atoms with Crippen molar-refractivity contribution in [3.8, 4) is 5.75 Å². The largest absolute Gasteiger partial charge is 0.508 e. The number of benzene rings is 1. The molecule has 3 saturated carbocycles. The average Bonchev–Trinajstić information content (AvgIpc) is 2.58. The Hall–Kier alpha value is -2.04. The van der Waals surface area contributed by atoms with E-state index >= 15 is 0 Å². The molecule has 0 heterocycles. The highest BCUT2D eigenvalue weighted by Gasteiger charge is 2.55. The van der Waals surface area contributed by atoms with E-state index in [-0.39, 0.29) is 17.7 Å². The van der Waals surface area contributed by atoms with Crippen molar-refractivity contribution >= 4 is 11.9 Å². The maximum atomic E-state index is 12.8. The van der Waals surface area contributed by atoms with Gasteiger partial charge in [-0.1, -0.05) is 18.2 Å². The fraction of sp³-hybridized carbons (Fsp3) is 0.579. The second-order valence-electron chi connectivity index (χ2n) is 7.57. The van der Waals surface area contributed by atoms with Gasteiger partial charge in [-0.25, -0.2) is 0 Å². The van der Waals surface area contributed by atoms with Crippen molar-refractivity contribution in [2.24, 2.45) is 10.8 Å². The molecule has 1 unspecified atom stereocenters. The lowest BCUT2D eigenvalue weighted by molar-refractivity contribution is -0.163. The molecule has 1 atom stereocenters. The fourth-order valence-electron chi connectivity index (χ4n) is 4.29. The third-order valence-electron chi connectivity index (χ3n) is 6.08. The van der Waals surface area contributed by atoms with Crippen molar-refractivity contribution in [1.82, 2.24) is 5.32 Å². The van der Waals surface area contributed by atoms with E-state index in [4.69, 9.17) is 0 Å². The Morgan fingerprint density at radius 1 is 1.08 bits per heavy atom. The monoisotopic (exact) mass is 331 g/mol. The van der Waals surface area contributed by atoms with Gasteiger partial charge in [0, 0.05) is 11.5 Å². The Balaban J connectivity index is 1.62. The van der Waals surface area contributed by atoms with Crippen LogP contribution in [0, 0.1) is 10.8 Å². The maximum Gasteiger partial charge on any atom is 0.309 e. The Labute approximate surface area is 142 Å². The van der Waals surface area contributed by atoms with Gasteiger partial charge in [0.1, 0.15) is 5.75 Å². The molecule has 3 aliphatic carbocycles. The Morgan fingerprint density at radius 3 is 2.17 bits per heavy atom. The van der Waals surface area contributed by atoms with Crippen molar-refractivity contribution in [3.05, 3.63) is 29.8 Å². The first kappa shape index (κ1) is 16.8. The second kappa shape index (κ2) is 6.11. The summed E-state index contributed by atoms with van der Waals surface area (Å²) in [5, 5.41) is 22.4. The van der Waals surface area contributed by atoms with Gasteiger partial charge in [0.2, 0.25) is 5.91 Å². The molecule has 0 aromatic heterocycles. The predicted octanol–water partition coefficient (Wildman–Crippen LogP) is 2.86. The second-order valence-corrected chi connectivity index (χ2v) is 7.57. The van der Waals surface area contributed by atoms with Crippen LogP contribution in [0.15, 0.2) is 24.3 Å². The van der Waals surface area contributed by atoms with Gasteiger partial charge < -0.3 is 15.5 Å². The minimum absolute atomic E-state index is 0.0455. The van der Waals surface area contributed by atoms with Crippen LogP contribution in [-0.4, -0.2) is 28.1 Å². The molecular formula is C19H25NO4. The summed E-state index contributed by atoms with van der Waals surface area (Å²) < 4.78 is 0. The molecule has 1 aromatic rings. The van der Waals surface area contributed by atoms with Crippen molar-refractivity contribution in [2.75, 3.05) is 0 Å². The number of amides is 1. The molecule has 3 aliphatic rings. The zero-order valence-corrected chi connectivity index (χ0v) is 14.0. The number of carboxylic acid groups (broad SMARTS) is 1. The van der Waals surface area contributed by atoms with Gasteiger partial charge in [-0.2, -0.15) is 0 Å². The van der Waals surface area contributed by atoms with Crippen LogP contribution in [0.2, 0.25) is 0 Å². The zero-order valence-electron chi connectivity index (χ0n) is 14.0. The number of hydrogen-bond donors (Lipinski definition) is 3.